The first kappa shape index (κ1) is 18.4. The van der Waals surface area contributed by atoms with E-state index in [1.54, 1.807) is 17.5 Å². The van der Waals surface area contributed by atoms with Gasteiger partial charge in [0.25, 0.3) is 0 Å². The molecule has 4 rings (SSSR count). The molecule has 0 radical (unpaired) electrons. The molecule has 0 spiro atoms. The predicted molar refractivity (Wildman–Crippen MR) is 108 cm³/mol. The van der Waals surface area contributed by atoms with Gasteiger partial charge in [-0.15, -0.1) is 0 Å². The van der Waals surface area contributed by atoms with Crippen LogP contribution in [0.2, 0.25) is 5.15 Å². The monoisotopic (exact) mass is 394 g/mol. The molecule has 0 saturated heterocycles. The van der Waals surface area contributed by atoms with Crippen LogP contribution in [0.3, 0.4) is 0 Å². The van der Waals surface area contributed by atoms with E-state index in [0.29, 0.717) is 16.9 Å². The lowest BCUT2D eigenvalue weighted by Crippen LogP contribution is -2.23. The Bertz CT molecular complexity index is 1100. The second-order valence-corrected chi connectivity index (χ2v) is 7.19. The summed E-state index contributed by atoms with van der Waals surface area (Å²) >= 11 is 6.14. The van der Waals surface area contributed by atoms with Crippen molar-refractivity contribution < 1.29 is 14.3 Å². The average Bonchev–Trinajstić information content (AvgIpc) is 3.28. The van der Waals surface area contributed by atoms with E-state index in [9.17, 15) is 9.59 Å². The van der Waals surface area contributed by atoms with Gasteiger partial charge in [0, 0.05) is 17.8 Å². The molecule has 0 amide bonds. The summed E-state index contributed by atoms with van der Waals surface area (Å²) < 4.78 is 7.06. The number of carbonyl (C=O) groups excluding carboxylic acids is 2. The van der Waals surface area contributed by atoms with Crippen molar-refractivity contribution in [2.75, 3.05) is 0 Å². The highest BCUT2D eigenvalue weighted by Gasteiger charge is 2.21. The van der Waals surface area contributed by atoms with Gasteiger partial charge in [-0.3, -0.25) is 9.20 Å². The van der Waals surface area contributed by atoms with Crippen molar-refractivity contribution in [1.29, 1.82) is 0 Å². The van der Waals surface area contributed by atoms with Crippen LogP contribution in [0.5, 0.6) is 0 Å². The van der Waals surface area contributed by atoms with Crippen LogP contribution in [0, 0.1) is 0 Å². The number of halogens is 1. The number of carbonyl (C=O) groups is 2. The van der Waals surface area contributed by atoms with Crippen LogP contribution in [0.4, 0.5) is 0 Å². The fourth-order valence-electron chi connectivity index (χ4n) is 3.51. The summed E-state index contributed by atoms with van der Waals surface area (Å²) in [5.41, 5.74) is 4.35. The normalized spacial score (nSPS) is 14.4. The molecule has 28 heavy (non-hydrogen) atoms. The van der Waals surface area contributed by atoms with Crippen molar-refractivity contribution in [2.45, 2.75) is 32.3 Å². The molecule has 1 atom stereocenters. The highest BCUT2D eigenvalue weighted by Crippen LogP contribution is 2.24. The third-order valence-electron chi connectivity index (χ3n) is 4.94. The molecule has 1 aliphatic rings. The molecule has 0 fully saturated rings. The maximum atomic E-state index is 12.6. The number of rotatable bonds is 5. The zero-order chi connectivity index (χ0) is 19.7. The Balaban J connectivity index is 1.45. The standard InChI is InChI=1S/C22H19ClN2O3/c1-14(21(27)17-9-8-15-5-4-6-16(15)13-17)28-20(26)11-10-18-22(23)24-19-7-2-3-12-25(18)19/h2-3,7-14H,4-6H2,1H3/b11-10+/t14-/m0/s1. The van der Waals surface area contributed by atoms with Gasteiger partial charge in [-0.1, -0.05) is 29.8 Å². The van der Waals surface area contributed by atoms with Crippen LogP contribution in [0.15, 0.2) is 48.7 Å². The van der Waals surface area contributed by atoms with E-state index in [0.717, 1.165) is 19.3 Å². The molecule has 1 aromatic carbocycles. The fourth-order valence-corrected chi connectivity index (χ4v) is 3.75. The summed E-state index contributed by atoms with van der Waals surface area (Å²) in [5.74, 6) is -0.812. The number of aromatic nitrogens is 2. The van der Waals surface area contributed by atoms with Crippen molar-refractivity contribution in [2.24, 2.45) is 0 Å². The quantitative estimate of drug-likeness (QED) is 0.367. The van der Waals surface area contributed by atoms with E-state index in [4.69, 9.17) is 16.3 Å². The third-order valence-corrected chi connectivity index (χ3v) is 5.22. The maximum absolute atomic E-state index is 12.6. The Morgan fingerprint density at radius 2 is 2.04 bits per heavy atom. The van der Waals surface area contributed by atoms with Crippen molar-refractivity contribution in [3.05, 3.63) is 76.2 Å². The summed E-state index contributed by atoms with van der Waals surface area (Å²) in [7, 11) is 0. The lowest BCUT2D eigenvalue weighted by Gasteiger charge is -2.12. The van der Waals surface area contributed by atoms with E-state index in [2.05, 4.69) is 4.98 Å². The number of Topliss-reactive ketones (excluding diaryl/α,β-unsaturated/α-hetero) is 1. The number of hydrogen-bond acceptors (Lipinski definition) is 4. The van der Waals surface area contributed by atoms with E-state index in [1.165, 1.54) is 23.3 Å². The number of aryl methyl sites for hydroxylation is 2. The summed E-state index contributed by atoms with van der Waals surface area (Å²) in [6.07, 6.45) is 6.91. The number of benzene rings is 1. The molecule has 0 N–H and O–H groups in total. The van der Waals surface area contributed by atoms with E-state index >= 15 is 0 Å². The molecule has 5 nitrogen and oxygen atoms in total. The first-order valence-electron chi connectivity index (χ1n) is 9.20. The van der Waals surface area contributed by atoms with E-state index < -0.39 is 12.1 Å². The Hall–Kier alpha value is -2.92. The fraction of sp³-hybridized carbons (Fsp3) is 0.227. The van der Waals surface area contributed by atoms with Crippen LogP contribution in [0.25, 0.3) is 11.7 Å². The topological polar surface area (TPSA) is 60.7 Å². The number of imidazole rings is 1. The Morgan fingerprint density at radius 1 is 1.21 bits per heavy atom. The second kappa shape index (κ2) is 7.60. The van der Waals surface area contributed by atoms with Crippen LogP contribution in [-0.2, 0) is 22.4 Å². The number of nitrogens with zero attached hydrogens (tertiary/aromatic N) is 2. The van der Waals surface area contributed by atoms with E-state index in [-0.39, 0.29) is 10.9 Å². The molecule has 0 aliphatic heterocycles. The lowest BCUT2D eigenvalue weighted by molar-refractivity contribution is -0.140. The number of ketones is 1. The first-order chi connectivity index (χ1) is 13.5. The number of pyridine rings is 1. The number of esters is 1. The van der Waals surface area contributed by atoms with Gasteiger partial charge in [0.2, 0.25) is 5.78 Å². The highest BCUT2D eigenvalue weighted by molar-refractivity contribution is 6.31. The van der Waals surface area contributed by atoms with Gasteiger partial charge in [0.1, 0.15) is 5.65 Å². The molecule has 2 aromatic heterocycles. The Kier molecular flexibility index (Phi) is 5.01. The SMILES string of the molecule is C[C@H](OC(=O)/C=C/c1c(Cl)nc2ccccn12)C(=O)c1ccc2c(c1)CCC2. The molecule has 0 unspecified atom stereocenters. The van der Waals surface area contributed by atoms with Crippen LogP contribution in [-0.4, -0.2) is 27.2 Å². The largest absolute Gasteiger partial charge is 0.451 e. The molecular formula is C22H19ClN2O3. The van der Waals surface area contributed by atoms with Gasteiger partial charge >= 0.3 is 5.97 Å². The van der Waals surface area contributed by atoms with Gasteiger partial charge in [-0.2, -0.15) is 0 Å². The number of ether oxygens (including phenoxy) is 1. The first-order valence-corrected chi connectivity index (χ1v) is 9.58. The summed E-state index contributed by atoms with van der Waals surface area (Å²) in [5, 5.41) is 0.289. The molecule has 1 aliphatic carbocycles. The average molecular weight is 395 g/mol. The zero-order valence-corrected chi connectivity index (χ0v) is 16.1. The van der Waals surface area contributed by atoms with Gasteiger partial charge in [0.05, 0.1) is 5.69 Å². The second-order valence-electron chi connectivity index (χ2n) is 6.83. The minimum atomic E-state index is -0.866. The zero-order valence-electron chi connectivity index (χ0n) is 15.4. The highest BCUT2D eigenvalue weighted by atomic mass is 35.5. The Morgan fingerprint density at radius 3 is 2.89 bits per heavy atom. The maximum Gasteiger partial charge on any atom is 0.331 e. The summed E-state index contributed by atoms with van der Waals surface area (Å²) in [6, 6.07) is 11.2. The number of hydrogen-bond donors (Lipinski definition) is 0. The smallest absolute Gasteiger partial charge is 0.331 e. The molecule has 0 bridgehead atoms. The van der Waals surface area contributed by atoms with Gasteiger partial charge in [-0.25, -0.2) is 9.78 Å². The lowest BCUT2D eigenvalue weighted by atomic mass is 10.0. The predicted octanol–water partition coefficient (Wildman–Crippen LogP) is 4.30. The van der Waals surface area contributed by atoms with Crippen molar-refractivity contribution >= 4 is 35.1 Å². The van der Waals surface area contributed by atoms with Gasteiger partial charge < -0.3 is 4.74 Å². The molecule has 2 heterocycles. The molecule has 3 aromatic rings. The van der Waals surface area contributed by atoms with Crippen molar-refractivity contribution in [3.63, 3.8) is 0 Å². The summed E-state index contributed by atoms with van der Waals surface area (Å²) in [6.45, 7) is 1.59. The van der Waals surface area contributed by atoms with Crippen molar-refractivity contribution in [3.8, 4) is 0 Å². The molecule has 142 valence electrons. The minimum Gasteiger partial charge on any atom is -0.451 e. The summed E-state index contributed by atoms with van der Waals surface area (Å²) in [4.78, 5) is 29.0. The molecular weight excluding hydrogens is 376 g/mol. The van der Waals surface area contributed by atoms with E-state index in [1.807, 2.05) is 36.4 Å². The minimum absolute atomic E-state index is 0.204. The van der Waals surface area contributed by atoms with Gasteiger partial charge in [0.15, 0.2) is 11.3 Å². The number of fused-ring (bicyclic) bond motifs is 2. The van der Waals surface area contributed by atoms with Crippen LogP contribution < -0.4 is 0 Å². The Labute approximate surface area is 167 Å². The molecule has 6 heteroatoms. The van der Waals surface area contributed by atoms with Gasteiger partial charge in [-0.05, 0) is 61.6 Å². The van der Waals surface area contributed by atoms with Crippen molar-refractivity contribution in [1.82, 2.24) is 9.38 Å². The van der Waals surface area contributed by atoms with Crippen LogP contribution >= 0.6 is 11.6 Å². The van der Waals surface area contributed by atoms with Crippen LogP contribution in [0.1, 0.15) is 40.5 Å². The third kappa shape index (κ3) is 3.58. The molecule has 0 saturated carbocycles.